The molecule has 0 aliphatic carbocycles. The van der Waals surface area contributed by atoms with Crippen LogP contribution in [0.15, 0.2) is 6.20 Å². The van der Waals surface area contributed by atoms with Crippen molar-refractivity contribution in [3.63, 3.8) is 0 Å². The molecule has 0 amide bonds. The molecule has 0 atom stereocenters. The van der Waals surface area contributed by atoms with Crippen LogP contribution in [0.5, 0.6) is 0 Å². The van der Waals surface area contributed by atoms with Crippen LogP contribution in [0.25, 0.3) is 0 Å². The topological polar surface area (TPSA) is 34.9 Å². The first-order chi connectivity index (χ1) is 5.45. The van der Waals surface area contributed by atoms with Crippen LogP contribution in [0.4, 0.5) is 13.2 Å². The minimum atomic E-state index is -4.59. The number of hydrogen-bond donors (Lipinski definition) is 0. The van der Waals surface area contributed by atoms with Crippen molar-refractivity contribution in [3.8, 4) is 0 Å². The largest absolute Gasteiger partial charge is 0.435 e. The summed E-state index contributed by atoms with van der Waals surface area (Å²) >= 11 is 0. The molecule has 1 aromatic heterocycles. The van der Waals surface area contributed by atoms with Gasteiger partial charge in [-0.2, -0.15) is 18.3 Å². The third-order valence-corrected chi connectivity index (χ3v) is 1.21. The summed E-state index contributed by atoms with van der Waals surface area (Å²) in [6.07, 6.45) is -2.45. The Morgan fingerprint density at radius 1 is 1.58 bits per heavy atom. The van der Waals surface area contributed by atoms with Crippen LogP contribution >= 0.6 is 0 Å². The molecular weight excluding hydrogens is 173 g/mol. The fraction of sp³-hybridized carbons (Fsp3) is 0.333. The van der Waals surface area contributed by atoms with Gasteiger partial charge in [0.15, 0.2) is 5.69 Å². The Morgan fingerprint density at radius 3 is 2.50 bits per heavy atom. The van der Waals surface area contributed by atoms with E-state index in [4.69, 9.17) is 0 Å². The summed E-state index contributed by atoms with van der Waals surface area (Å²) < 4.78 is 36.9. The van der Waals surface area contributed by atoms with Gasteiger partial charge in [-0.3, -0.25) is 9.48 Å². The maximum atomic E-state index is 12.0. The van der Waals surface area contributed by atoms with E-state index in [2.05, 4.69) is 5.10 Å². The Hall–Kier alpha value is -1.33. The molecule has 1 aromatic rings. The Morgan fingerprint density at radius 2 is 2.17 bits per heavy atom. The van der Waals surface area contributed by atoms with Gasteiger partial charge in [-0.25, -0.2) is 0 Å². The first-order valence-corrected chi connectivity index (χ1v) is 2.94. The van der Waals surface area contributed by atoms with Gasteiger partial charge in [0.05, 0.1) is 5.56 Å². The molecule has 0 bridgehead atoms. The lowest BCUT2D eigenvalue weighted by atomic mass is 10.3. The molecule has 0 aromatic carbocycles. The molecule has 1 heterocycles. The van der Waals surface area contributed by atoms with Gasteiger partial charge in [0.25, 0.3) is 0 Å². The second-order valence-electron chi connectivity index (χ2n) is 2.16. The Balaban J connectivity index is 3.22. The van der Waals surface area contributed by atoms with Gasteiger partial charge < -0.3 is 0 Å². The van der Waals surface area contributed by atoms with Crippen LogP contribution in [0.3, 0.4) is 0 Å². The second-order valence-corrected chi connectivity index (χ2v) is 2.16. The van der Waals surface area contributed by atoms with E-state index in [1.807, 2.05) is 0 Å². The van der Waals surface area contributed by atoms with Crippen molar-refractivity contribution in [3.05, 3.63) is 17.5 Å². The fourth-order valence-corrected chi connectivity index (χ4v) is 0.773. The predicted octanol–water partition coefficient (Wildman–Crippen LogP) is 0.897. The van der Waals surface area contributed by atoms with Gasteiger partial charge in [0, 0.05) is 13.2 Å². The highest BCUT2D eigenvalue weighted by molar-refractivity contribution is 5.76. The zero-order valence-electron chi connectivity index (χ0n) is 6.01. The lowest BCUT2D eigenvalue weighted by Gasteiger charge is -2.00. The van der Waals surface area contributed by atoms with Crippen molar-refractivity contribution < 1.29 is 18.0 Å². The number of aryl methyl sites for hydroxylation is 1. The molecule has 1 rings (SSSR count). The Kier molecular flexibility index (Phi) is 1.91. The predicted molar refractivity (Wildman–Crippen MR) is 33.0 cm³/mol. The van der Waals surface area contributed by atoms with Crippen molar-refractivity contribution in [2.45, 2.75) is 6.18 Å². The minimum Gasteiger partial charge on any atom is -0.285 e. The van der Waals surface area contributed by atoms with E-state index in [0.29, 0.717) is 0 Å². The summed E-state index contributed by atoms with van der Waals surface area (Å²) in [5.41, 5.74) is -1.76. The van der Waals surface area contributed by atoms with Crippen LogP contribution in [-0.2, 0) is 18.0 Å². The van der Waals surface area contributed by atoms with Crippen LogP contribution in [0.1, 0.15) is 11.3 Å². The van der Waals surface area contributed by atoms with Gasteiger partial charge in [-0.15, -0.1) is 0 Å². The average Bonchev–Trinajstić information content (AvgIpc) is 2.29. The van der Waals surface area contributed by atoms with Gasteiger partial charge >= 0.3 is 6.18 Å². The molecule has 0 spiro atoms. The normalized spacial score (nSPS) is 11.7. The van der Waals surface area contributed by atoms with Crippen molar-refractivity contribution >= 4 is 6.29 Å². The van der Waals surface area contributed by atoms with Crippen LogP contribution in [-0.4, -0.2) is 16.1 Å². The quantitative estimate of drug-likeness (QED) is 0.638. The van der Waals surface area contributed by atoms with Crippen molar-refractivity contribution in [1.29, 1.82) is 0 Å². The average molecular weight is 177 g/mol. The van der Waals surface area contributed by atoms with Crippen LogP contribution in [0.2, 0.25) is 0 Å². The number of halogens is 3. The summed E-state index contributed by atoms with van der Waals surface area (Å²) in [6, 6.07) is 0. The van der Waals surface area contributed by atoms with E-state index in [1.165, 1.54) is 13.3 Å². The van der Waals surface area contributed by atoms with Crippen molar-refractivity contribution in [1.82, 2.24) is 9.78 Å². The lowest BCUT2D eigenvalue weighted by molar-refractivity contribution is -0.141. The third kappa shape index (κ3) is 1.46. The van der Waals surface area contributed by atoms with E-state index in [1.54, 1.807) is 0 Å². The summed E-state index contributed by atoms with van der Waals surface area (Å²) in [5.74, 6) is 0. The molecule has 0 aliphatic rings. The third-order valence-electron chi connectivity index (χ3n) is 1.21. The van der Waals surface area contributed by atoms with Crippen LogP contribution in [0, 0.1) is 0 Å². The fourth-order valence-electron chi connectivity index (χ4n) is 0.773. The number of nitrogens with zero attached hydrogens (tertiary/aromatic N) is 2. The van der Waals surface area contributed by atoms with Crippen LogP contribution < -0.4 is 0 Å². The maximum absolute atomic E-state index is 12.0. The first-order valence-electron chi connectivity index (χ1n) is 2.94. The minimum absolute atomic E-state index is 0.565. The molecule has 0 saturated heterocycles. The zero-order valence-corrected chi connectivity index (χ0v) is 6.01. The zero-order chi connectivity index (χ0) is 9.35. The van der Waals surface area contributed by atoms with Gasteiger partial charge in [-0.1, -0.05) is 0 Å². The number of aromatic nitrogens is 2. The highest BCUT2D eigenvalue weighted by atomic mass is 19.4. The van der Waals surface area contributed by atoms with Crippen molar-refractivity contribution in [2.24, 2.45) is 7.05 Å². The number of carbonyl (C=O) groups excluding carboxylic acids is 1. The SMILES string of the molecule is Cn1cc([C]=O)c(C(F)(F)F)n1. The highest BCUT2D eigenvalue weighted by Crippen LogP contribution is 2.29. The van der Waals surface area contributed by atoms with E-state index < -0.39 is 17.4 Å². The standard InChI is InChI=1S/C6H4F3N2O/c1-11-2-4(3-12)5(10-11)6(7,8)9/h2H,1H3. The molecule has 0 saturated carbocycles. The first kappa shape index (κ1) is 8.76. The smallest absolute Gasteiger partial charge is 0.285 e. The molecule has 6 heteroatoms. The van der Waals surface area contributed by atoms with E-state index in [0.717, 1.165) is 10.9 Å². The molecule has 3 nitrogen and oxygen atoms in total. The molecule has 0 aliphatic heterocycles. The summed E-state index contributed by atoms with van der Waals surface area (Å²) in [4.78, 5) is 10.0. The molecule has 0 N–H and O–H groups in total. The number of hydrogen-bond acceptors (Lipinski definition) is 2. The molecule has 65 valence electrons. The molecule has 0 unspecified atom stereocenters. The monoisotopic (exact) mass is 177 g/mol. The van der Waals surface area contributed by atoms with E-state index in [-0.39, 0.29) is 0 Å². The van der Waals surface area contributed by atoms with Crippen molar-refractivity contribution in [2.75, 3.05) is 0 Å². The maximum Gasteiger partial charge on any atom is 0.435 e. The van der Waals surface area contributed by atoms with Gasteiger partial charge in [0.2, 0.25) is 6.29 Å². The number of rotatable bonds is 1. The molecule has 0 fully saturated rings. The summed E-state index contributed by atoms with van der Waals surface area (Å²) in [5, 5.41) is 3.08. The Bertz CT molecular complexity index is 302. The van der Waals surface area contributed by atoms with E-state index in [9.17, 15) is 18.0 Å². The molecule has 1 radical (unpaired) electrons. The lowest BCUT2D eigenvalue weighted by Crippen LogP contribution is -2.09. The second kappa shape index (κ2) is 2.62. The van der Waals surface area contributed by atoms with Gasteiger partial charge in [-0.05, 0) is 0 Å². The summed E-state index contributed by atoms with van der Waals surface area (Å²) in [6.45, 7) is 0. The van der Waals surface area contributed by atoms with E-state index >= 15 is 0 Å². The van der Waals surface area contributed by atoms with Gasteiger partial charge in [0.1, 0.15) is 0 Å². The Labute approximate surface area is 65.8 Å². The molecular formula is C6H4F3N2O. The summed E-state index contributed by atoms with van der Waals surface area (Å²) in [7, 11) is 1.30. The highest BCUT2D eigenvalue weighted by Gasteiger charge is 2.37. The molecule has 12 heavy (non-hydrogen) atoms. The number of alkyl halides is 3.